The first kappa shape index (κ1) is 6.47. The minimum absolute atomic E-state index is 0.608. The predicted molar refractivity (Wildman–Crippen MR) is 45.0 cm³/mol. The van der Waals surface area contributed by atoms with Crippen molar-refractivity contribution in [1.29, 1.82) is 0 Å². The number of hydrogen-bond donors (Lipinski definition) is 1. The molecule has 0 amide bonds. The molecule has 3 fully saturated rings. The molecule has 0 saturated heterocycles. The van der Waals surface area contributed by atoms with E-state index in [1.807, 2.05) is 0 Å². The zero-order valence-corrected chi connectivity index (χ0v) is 7.22. The van der Waals surface area contributed by atoms with E-state index in [0.717, 1.165) is 23.2 Å². The van der Waals surface area contributed by atoms with E-state index in [1.165, 1.54) is 25.7 Å². The molecule has 0 radical (unpaired) electrons. The van der Waals surface area contributed by atoms with Crippen molar-refractivity contribution in [3.63, 3.8) is 0 Å². The molecule has 0 aromatic heterocycles. The molecular formula is C10H17N. The molecule has 62 valence electrons. The maximum Gasteiger partial charge on any atom is 0.0102 e. The van der Waals surface area contributed by atoms with Gasteiger partial charge in [-0.05, 0) is 48.9 Å². The SMILES string of the molecule is CC1CC2(C1)CC1C(N)C1C2. The van der Waals surface area contributed by atoms with Crippen molar-refractivity contribution >= 4 is 0 Å². The Hall–Kier alpha value is -0.0400. The molecule has 11 heavy (non-hydrogen) atoms. The van der Waals surface area contributed by atoms with Crippen LogP contribution in [0.1, 0.15) is 32.6 Å². The molecule has 3 aliphatic rings. The summed E-state index contributed by atoms with van der Waals surface area (Å²) < 4.78 is 0. The summed E-state index contributed by atoms with van der Waals surface area (Å²) >= 11 is 0. The molecule has 0 aliphatic heterocycles. The first-order valence-corrected chi connectivity index (χ1v) is 4.96. The van der Waals surface area contributed by atoms with Gasteiger partial charge in [-0.15, -0.1) is 0 Å². The van der Waals surface area contributed by atoms with Crippen molar-refractivity contribution in [2.24, 2.45) is 28.9 Å². The van der Waals surface area contributed by atoms with Crippen molar-refractivity contribution in [2.75, 3.05) is 0 Å². The van der Waals surface area contributed by atoms with E-state index in [1.54, 1.807) is 0 Å². The largest absolute Gasteiger partial charge is 0.327 e. The first-order chi connectivity index (χ1) is 5.20. The Labute approximate surface area is 68.3 Å². The number of hydrogen-bond acceptors (Lipinski definition) is 1. The summed E-state index contributed by atoms with van der Waals surface area (Å²) in [5, 5.41) is 0. The molecule has 2 N–H and O–H groups in total. The van der Waals surface area contributed by atoms with Crippen molar-refractivity contribution < 1.29 is 0 Å². The van der Waals surface area contributed by atoms with Crippen molar-refractivity contribution in [3.05, 3.63) is 0 Å². The fourth-order valence-corrected chi connectivity index (χ4v) is 3.88. The molecule has 1 nitrogen and oxygen atoms in total. The average Bonchev–Trinajstić information content (AvgIpc) is 2.42. The van der Waals surface area contributed by atoms with Gasteiger partial charge in [0.05, 0.1) is 0 Å². The van der Waals surface area contributed by atoms with E-state index in [-0.39, 0.29) is 0 Å². The molecule has 0 aromatic carbocycles. The second kappa shape index (κ2) is 1.66. The van der Waals surface area contributed by atoms with Gasteiger partial charge < -0.3 is 5.73 Å². The van der Waals surface area contributed by atoms with Crippen LogP contribution in [0.25, 0.3) is 0 Å². The summed E-state index contributed by atoms with van der Waals surface area (Å²) in [5.41, 5.74) is 6.72. The van der Waals surface area contributed by atoms with Crippen LogP contribution in [-0.4, -0.2) is 6.04 Å². The molecule has 2 atom stereocenters. The van der Waals surface area contributed by atoms with Crippen LogP contribution in [-0.2, 0) is 0 Å². The highest BCUT2D eigenvalue weighted by Crippen LogP contribution is 2.67. The zero-order chi connectivity index (χ0) is 7.64. The Bertz CT molecular complexity index is 179. The molecule has 3 rings (SSSR count). The Kier molecular flexibility index (Phi) is 0.976. The van der Waals surface area contributed by atoms with Crippen LogP contribution >= 0.6 is 0 Å². The van der Waals surface area contributed by atoms with Gasteiger partial charge in [-0.25, -0.2) is 0 Å². The van der Waals surface area contributed by atoms with Crippen LogP contribution in [0.2, 0.25) is 0 Å². The van der Waals surface area contributed by atoms with Gasteiger partial charge in [0.15, 0.2) is 0 Å². The van der Waals surface area contributed by atoms with E-state index in [0.29, 0.717) is 6.04 Å². The highest BCUT2D eigenvalue weighted by atomic mass is 14.8. The second-order valence-electron chi connectivity index (χ2n) is 5.33. The van der Waals surface area contributed by atoms with Crippen molar-refractivity contribution in [3.8, 4) is 0 Å². The smallest absolute Gasteiger partial charge is 0.0102 e. The fourth-order valence-electron chi connectivity index (χ4n) is 3.88. The number of rotatable bonds is 0. The summed E-state index contributed by atoms with van der Waals surface area (Å²) in [7, 11) is 0. The summed E-state index contributed by atoms with van der Waals surface area (Å²) in [6.45, 7) is 2.38. The normalized spacial score (nSPS) is 66.0. The van der Waals surface area contributed by atoms with E-state index in [4.69, 9.17) is 5.73 Å². The van der Waals surface area contributed by atoms with Gasteiger partial charge in [0.1, 0.15) is 0 Å². The lowest BCUT2D eigenvalue weighted by molar-refractivity contribution is 0.0577. The predicted octanol–water partition coefficient (Wildman–Crippen LogP) is 1.77. The van der Waals surface area contributed by atoms with Crippen molar-refractivity contribution in [2.45, 2.75) is 38.6 Å². The topological polar surface area (TPSA) is 26.0 Å². The minimum atomic E-state index is 0.608. The summed E-state index contributed by atoms with van der Waals surface area (Å²) in [5.74, 6) is 2.91. The number of fused-ring (bicyclic) bond motifs is 1. The van der Waals surface area contributed by atoms with Crippen LogP contribution in [0.15, 0.2) is 0 Å². The van der Waals surface area contributed by atoms with Gasteiger partial charge in [0.25, 0.3) is 0 Å². The van der Waals surface area contributed by atoms with Crippen LogP contribution in [0.5, 0.6) is 0 Å². The fraction of sp³-hybridized carbons (Fsp3) is 1.00. The third-order valence-electron chi connectivity index (χ3n) is 4.30. The maximum absolute atomic E-state index is 5.91. The lowest BCUT2D eigenvalue weighted by atomic mass is 9.60. The molecule has 1 spiro atoms. The standard InChI is InChI=1S/C10H17N/c1-6-2-10(3-6)4-7-8(5-10)9(7)11/h6-9H,2-5,11H2,1H3. The average molecular weight is 151 g/mol. The highest BCUT2D eigenvalue weighted by Gasteiger charge is 2.62. The van der Waals surface area contributed by atoms with E-state index in [9.17, 15) is 0 Å². The third kappa shape index (κ3) is 0.703. The first-order valence-electron chi connectivity index (χ1n) is 4.96. The van der Waals surface area contributed by atoms with Crippen LogP contribution in [0.4, 0.5) is 0 Å². The summed E-state index contributed by atoms with van der Waals surface area (Å²) in [6.07, 6.45) is 5.96. The minimum Gasteiger partial charge on any atom is -0.327 e. The lowest BCUT2D eigenvalue weighted by Crippen LogP contribution is -2.36. The molecule has 3 aliphatic carbocycles. The lowest BCUT2D eigenvalue weighted by Gasteiger charge is -2.45. The molecular weight excluding hydrogens is 134 g/mol. The van der Waals surface area contributed by atoms with Crippen LogP contribution in [0, 0.1) is 23.2 Å². The van der Waals surface area contributed by atoms with Crippen molar-refractivity contribution in [1.82, 2.24) is 0 Å². The quantitative estimate of drug-likeness (QED) is 0.561. The van der Waals surface area contributed by atoms with E-state index < -0.39 is 0 Å². The Morgan fingerprint density at radius 3 is 2.09 bits per heavy atom. The monoisotopic (exact) mass is 151 g/mol. The van der Waals surface area contributed by atoms with Gasteiger partial charge in [0.2, 0.25) is 0 Å². The van der Waals surface area contributed by atoms with Gasteiger partial charge in [-0.1, -0.05) is 6.92 Å². The highest BCUT2D eigenvalue weighted by molar-refractivity contribution is 5.14. The maximum atomic E-state index is 5.91. The van der Waals surface area contributed by atoms with Gasteiger partial charge in [0, 0.05) is 6.04 Å². The summed E-state index contributed by atoms with van der Waals surface area (Å²) in [6, 6.07) is 0.608. The second-order valence-corrected chi connectivity index (χ2v) is 5.33. The molecule has 1 heteroatoms. The van der Waals surface area contributed by atoms with Crippen LogP contribution < -0.4 is 5.73 Å². The number of nitrogens with two attached hydrogens (primary N) is 1. The molecule has 0 heterocycles. The third-order valence-corrected chi connectivity index (χ3v) is 4.30. The van der Waals surface area contributed by atoms with Gasteiger partial charge in [-0.3, -0.25) is 0 Å². The van der Waals surface area contributed by atoms with Gasteiger partial charge >= 0.3 is 0 Å². The Morgan fingerprint density at radius 2 is 1.64 bits per heavy atom. The zero-order valence-electron chi connectivity index (χ0n) is 7.22. The Balaban J connectivity index is 1.70. The molecule has 2 unspecified atom stereocenters. The van der Waals surface area contributed by atoms with Gasteiger partial charge in [-0.2, -0.15) is 0 Å². The molecule has 3 saturated carbocycles. The molecule has 0 aromatic rings. The van der Waals surface area contributed by atoms with E-state index in [2.05, 4.69) is 6.92 Å². The Morgan fingerprint density at radius 1 is 1.09 bits per heavy atom. The molecule has 0 bridgehead atoms. The van der Waals surface area contributed by atoms with E-state index >= 15 is 0 Å². The van der Waals surface area contributed by atoms with Crippen LogP contribution in [0.3, 0.4) is 0 Å². The summed E-state index contributed by atoms with van der Waals surface area (Å²) in [4.78, 5) is 0.